The van der Waals surface area contributed by atoms with Crippen LogP contribution in [0, 0.1) is 11.6 Å². The van der Waals surface area contributed by atoms with Crippen molar-refractivity contribution in [1.29, 1.82) is 0 Å². The summed E-state index contributed by atoms with van der Waals surface area (Å²) in [6.07, 6.45) is 0. The molecule has 0 heterocycles. The molecule has 0 atom stereocenters. The highest BCUT2D eigenvalue weighted by atomic mass is 79.9. The standard InChI is InChI=1S/C13H8BrClF2O/c14-10-3-2-9(6-12(10)16)18-7-8-1-4-11(15)13(17)5-8/h1-6H,7H2. The minimum Gasteiger partial charge on any atom is -0.489 e. The van der Waals surface area contributed by atoms with Crippen molar-refractivity contribution >= 4 is 27.5 Å². The molecule has 1 nitrogen and oxygen atoms in total. The molecule has 0 saturated carbocycles. The maximum absolute atomic E-state index is 13.2. The van der Waals surface area contributed by atoms with E-state index in [9.17, 15) is 8.78 Å². The quantitative estimate of drug-likeness (QED) is 0.771. The van der Waals surface area contributed by atoms with Crippen LogP contribution in [0.3, 0.4) is 0 Å². The predicted molar refractivity (Wildman–Crippen MR) is 69.8 cm³/mol. The third-order valence-electron chi connectivity index (χ3n) is 2.28. The summed E-state index contributed by atoms with van der Waals surface area (Å²) in [7, 11) is 0. The van der Waals surface area contributed by atoms with E-state index in [1.54, 1.807) is 18.2 Å². The summed E-state index contributed by atoms with van der Waals surface area (Å²) in [6, 6.07) is 8.83. The molecular weight excluding hydrogens is 325 g/mol. The molecule has 0 N–H and O–H groups in total. The van der Waals surface area contributed by atoms with E-state index in [1.807, 2.05) is 0 Å². The molecule has 5 heteroatoms. The second kappa shape index (κ2) is 5.67. The number of benzene rings is 2. The number of halogens is 4. The number of hydrogen-bond donors (Lipinski definition) is 0. The molecule has 18 heavy (non-hydrogen) atoms. The predicted octanol–water partition coefficient (Wildman–Crippen LogP) is 4.96. The average Bonchev–Trinajstić information content (AvgIpc) is 2.35. The van der Waals surface area contributed by atoms with E-state index in [4.69, 9.17) is 16.3 Å². The van der Waals surface area contributed by atoms with Crippen LogP contribution in [0.4, 0.5) is 8.78 Å². The van der Waals surface area contributed by atoms with Gasteiger partial charge in [-0.3, -0.25) is 0 Å². The Morgan fingerprint density at radius 1 is 1.06 bits per heavy atom. The maximum atomic E-state index is 13.2. The normalized spacial score (nSPS) is 10.4. The Morgan fingerprint density at radius 3 is 2.50 bits per heavy atom. The summed E-state index contributed by atoms with van der Waals surface area (Å²) in [5.41, 5.74) is 0.625. The highest BCUT2D eigenvalue weighted by Gasteiger charge is 2.04. The van der Waals surface area contributed by atoms with Crippen molar-refractivity contribution in [2.75, 3.05) is 0 Å². The van der Waals surface area contributed by atoms with Gasteiger partial charge < -0.3 is 4.74 Å². The fourth-order valence-corrected chi connectivity index (χ4v) is 1.73. The van der Waals surface area contributed by atoms with E-state index >= 15 is 0 Å². The van der Waals surface area contributed by atoms with Crippen LogP contribution in [0.2, 0.25) is 5.02 Å². The van der Waals surface area contributed by atoms with Crippen LogP contribution in [0.15, 0.2) is 40.9 Å². The van der Waals surface area contributed by atoms with Crippen LogP contribution in [-0.2, 0) is 6.61 Å². The first kappa shape index (κ1) is 13.3. The van der Waals surface area contributed by atoms with Gasteiger partial charge in [-0.05, 0) is 45.8 Å². The Balaban J connectivity index is 2.06. The molecule has 2 aromatic carbocycles. The first-order chi connectivity index (χ1) is 8.56. The topological polar surface area (TPSA) is 9.23 Å². The van der Waals surface area contributed by atoms with Crippen LogP contribution in [0.25, 0.3) is 0 Å². The van der Waals surface area contributed by atoms with E-state index in [-0.39, 0.29) is 11.6 Å². The van der Waals surface area contributed by atoms with E-state index in [2.05, 4.69) is 15.9 Å². The van der Waals surface area contributed by atoms with Crippen molar-refractivity contribution in [3.05, 3.63) is 63.1 Å². The Labute approximate surface area is 116 Å². The molecular formula is C13H8BrClF2O. The Kier molecular flexibility index (Phi) is 4.19. The van der Waals surface area contributed by atoms with E-state index in [0.29, 0.717) is 15.8 Å². The van der Waals surface area contributed by atoms with E-state index < -0.39 is 11.6 Å². The van der Waals surface area contributed by atoms with Gasteiger partial charge in [0.15, 0.2) is 0 Å². The lowest BCUT2D eigenvalue weighted by Gasteiger charge is -2.07. The lowest BCUT2D eigenvalue weighted by atomic mass is 10.2. The van der Waals surface area contributed by atoms with Crippen molar-refractivity contribution in [3.63, 3.8) is 0 Å². The van der Waals surface area contributed by atoms with Gasteiger partial charge >= 0.3 is 0 Å². The third kappa shape index (κ3) is 3.21. The second-order valence-electron chi connectivity index (χ2n) is 3.61. The van der Waals surface area contributed by atoms with Gasteiger partial charge in [-0.15, -0.1) is 0 Å². The molecule has 0 fully saturated rings. The Morgan fingerprint density at radius 2 is 1.83 bits per heavy atom. The van der Waals surface area contributed by atoms with Gasteiger partial charge in [-0.1, -0.05) is 17.7 Å². The summed E-state index contributed by atoms with van der Waals surface area (Å²) in [4.78, 5) is 0. The van der Waals surface area contributed by atoms with Gasteiger partial charge in [0.2, 0.25) is 0 Å². The number of ether oxygens (including phenoxy) is 1. The fraction of sp³-hybridized carbons (Fsp3) is 0.0769. The fourth-order valence-electron chi connectivity index (χ4n) is 1.36. The smallest absolute Gasteiger partial charge is 0.142 e. The van der Waals surface area contributed by atoms with Gasteiger partial charge in [0, 0.05) is 6.07 Å². The average molecular weight is 334 g/mol. The van der Waals surface area contributed by atoms with Gasteiger partial charge in [0.25, 0.3) is 0 Å². The summed E-state index contributed by atoms with van der Waals surface area (Å²) >= 11 is 8.61. The van der Waals surface area contributed by atoms with Crippen molar-refractivity contribution in [3.8, 4) is 5.75 Å². The van der Waals surface area contributed by atoms with E-state index in [0.717, 1.165) is 0 Å². The molecule has 0 unspecified atom stereocenters. The third-order valence-corrected chi connectivity index (χ3v) is 3.23. The van der Waals surface area contributed by atoms with Gasteiger partial charge in [0.1, 0.15) is 24.0 Å². The van der Waals surface area contributed by atoms with Gasteiger partial charge in [-0.2, -0.15) is 0 Å². The monoisotopic (exact) mass is 332 g/mol. The largest absolute Gasteiger partial charge is 0.489 e. The molecule has 0 aromatic heterocycles. The molecule has 0 aliphatic heterocycles. The van der Waals surface area contributed by atoms with Crippen molar-refractivity contribution < 1.29 is 13.5 Å². The Bertz CT molecular complexity index is 523. The highest BCUT2D eigenvalue weighted by molar-refractivity contribution is 9.10. The van der Waals surface area contributed by atoms with Gasteiger partial charge in [0.05, 0.1) is 9.50 Å². The van der Waals surface area contributed by atoms with Crippen LogP contribution in [0.5, 0.6) is 5.75 Å². The Hall–Kier alpha value is -1.13. The van der Waals surface area contributed by atoms with Crippen molar-refractivity contribution in [1.82, 2.24) is 0 Å². The number of rotatable bonds is 3. The minimum atomic E-state index is -0.500. The zero-order chi connectivity index (χ0) is 13.1. The first-order valence-electron chi connectivity index (χ1n) is 5.08. The summed E-state index contributed by atoms with van der Waals surface area (Å²) in [5, 5.41) is 0.0634. The molecule has 0 amide bonds. The molecule has 0 saturated heterocycles. The van der Waals surface area contributed by atoms with E-state index in [1.165, 1.54) is 18.2 Å². The maximum Gasteiger partial charge on any atom is 0.142 e. The first-order valence-corrected chi connectivity index (χ1v) is 6.25. The molecule has 2 aromatic rings. The molecule has 0 bridgehead atoms. The van der Waals surface area contributed by atoms with Crippen molar-refractivity contribution in [2.24, 2.45) is 0 Å². The zero-order valence-electron chi connectivity index (χ0n) is 9.09. The van der Waals surface area contributed by atoms with Gasteiger partial charge in [-0.25, -0.2) is 8.78 Å². The minimum absolute atomic E-state index is 0.0634. The summed E-state index contributed by atoms with van der Waals surface area (Å²) in [6.45, 7) is 0.148. The molecule has 0 aliphatic rings. The van der Waals surface area contributed by atoms with Crippen LogP contribution >= 0.6 is 27.5 Å². The van der Waals surface area contributed by atoms with Crippen LogP contribution in [0.1, 0.15) is 5.56 Å². The lowest BCUT2D eigenvalue weighted by molar-refractivity contribution is 0.304. The van der Waals surface area contributed by atoms with Crippen molar-refractivity contribution in [2.45, 2.75) is 6.61 Å². The summed E-state index contributed by atoms with van der Waals surface area (Å²) in [5.74, 6) is -0.527. The molecule has 2 rings (SSSR count). The SMILES string of the molecule is Fc1cc(COc2ccc(Br)c(F)c2)ccc1Cl. The second-order valence-corrected chi connectivity index (χ2v) is 4.87. The summed E-state index contributed by atoms with van der Waals surface area (Å²) < 4.78 is 32.1. The molecule has 0 radical (unpaired) electrons. The lowest BCUT2D eigenvalue weighted by Crippen LogP contribution is -1.96. The van der Waals surface area contributed by atoms with Crippen LogP contribution < -0.4 is 4.74 Å². The molecule has 94 valence electrons. The molecule has 0 aliphatic carbocycles. The highest BCUT2D eigenvalue weighted by Crippen LogP contribution is 2.22. The zero-order valence-corrected chi connectivity index (χ0v) is 11.4. The molecule has 0 spiro atoms. The number of hydrogen-bond acceptors (Lipinski definition) is 1. The van der Waals surface area contributed by atoms with Crippen LogP contribution in [-0.4, -0.2) is 0 Å².